The number of halogens is 1. The first-order valence-electron chi connectivity index (χ1n) is 7.07. The lowest BCUT2D eigenvalue weighted by atomic mass is 10.1. The lowest BCUT2D eigenvalue weighted by Crippen LogP contribution is -3.00. The van der Waals surface area contributed by atoms with E-state index in [4.69, 9.17) is 5.73 Å². The van der Waals surface area contributed by atoms with Gasteiger partial charge in [-0.2, -0.15) is 0 Å². The molecule has 0 fully saturated rings. The van der Waals surface area contributed by atoms with E-state index in [1.807, 2.05) is 5.38 Å². The first-order chi connectivity index (χ1) is 10.1. The predicted octanol–water partition coefficient (Wildman–Crippen LogP) is 1.17. The van der Waals surface area contributed by atoms with Crippen LogP contribution >= 0.6 is 11.3 Å². The van der Waals surface area contributed by atoms with E-state index in [2.05, 4.69) is 59.8 Å². The van der Waals surface area contributed by atoms with Crippen LogP contribution in [-0.4, -0.2) is 9.55 Å². The van der Waals surface area contributed by atoms with Gasteiger partial charge in [0, 0.05) is 28.9 Å². The van der Waals surface area contributed by atoms with E-state index in [1.54, 1.807) is 0 Å². The Morgan fingerprint density at radius 2 is 1.95 bits per heavy atom. The van der Waals surface area contributed by atoms with E-state index in [9.17, 15) is 0 Å². The van der Waals surface area contributed by atoms with E-state index in [1.165, 1.54) is 33.9 Å². The largest absolute Gasteiger partial charge is 1.00 e. The van der Waals surface area contributed by atoms with Crippen LogP contribution in [0.4, 0.5) is 5.13 Å². The SMILES string of the molecule is Cc1cc(-c2csc(N)n2)c(C)n1CCc1ccccc1.[Cl-].[H+]. The minimum Gasteiger partial charge on any atom is -1.00 e. The normalized spacial score (nSPS) is 10.5. The lowest BCUT2D eigenvalue weighted by molar-refractivity contribution is -0.00000445. The quantitative estimate of drug-likeness (QED) is 0.779. The first-order valence-corrected chi connectivity index (χ1v) is 7.95. The fourth-order valence-electron chi connectivity index (χ4n) is 2.70. The molecule has 0 unspecified atom stereocenters. The lowest BCUT2D eigenvalue weighted by Gasteiger charge is -2.09. The van der Waals surface area contributed by atoms with Crippen LogP contribution in [-0.2, 0) is 13.0 Å². The predicted molar refractivity (Wildman–Crippen MR) is 90.7 cm³/mol. The fraction of sp³-hybridized carbons (Fsp3) is 0.235. The second-order valence-electron chi connectivity index (χ2n) is 5.24. The zero-order valence-electron chi connectivity index (χ0n) is 13.7. The van der Waals surface area contributed by atoms with Crippen LogP contribution in [0.15, 0.2) is 41.8 Å². The number of rotatable bonds is 4. The van der Waals surface area contributed by atoms with Crippen molar-refractivity contribution in [3.05, 3.63) is 58.7 Å². The smallest absolute Gasteiger partial charge is 1.00 e. The summed E-state index contributed by atoms with van der Waals surface area (Å²) in [4.78, 5) is 4.40. The molecule has 0 aliphatic carbocycles. The van der Waals surface area contributed by atoms with Gasteiger partial charge in [-0.3, -0.25) is 0 Å². The molecule has 2 heterocycles. The third-order valence-electron chi connectivity index (χ3n) is 3.84. The van der Waals surface area contributed by atoms with Gasteiger partial charge in [0.15, 0.2) is 5.13 Å². The molecule has 3 rings (SSSR count). The van der Waals surface area contributed by atoms with Gasteiger partial charge in [-0.15, -0.1) is 11.3 Å². The molecule has 0 radical (unpaired) electrons. The van der Waals surface area contributed by atoms with Crippen LogP contribution in [0.1, 0.15) is 18.4 Å². The van der Waals surface area contributed by atoms with E-state index in [-0.39, 0.29) is 13.8 Å². The number of hydrogen-bond acceptors (Lipinski definition) is 3. The third-order valence-corrected chi connectivity index (χ3v) is 4.51. The molecule has 0 aliphatic heterocycles. The highest BCUT2D eigenvalue weighted by atomic mass is 35.5. The summed E-state index contributed by atoms with van der Waals surface area (Å²) in [5.74, 6) is 0. The highest BCUT2D eigenvalue weighted by Gasteiger charge is 2.13. The summed E-state index contributed by atoms with van der Waals surface area (Å²) in [5, 5.41) is 2.65. The van der Waals surface area contributed by atoms with Gasteiger partial charge in [0.2, 0.25) is 0 Å². The van der Waals surface area contributed by atoms with Crippen molar-refractivity contribution in [3.8, 4) is 11.3 Å². The van der Waals surface area contributed by atoms with Crippen LogP contribution in [0, 0.1) is 13.8 Å². The van der Waals surface area contributed by atoms with Gasteiger partial charge in [0.05, 0.1) is 5.69 Å². The molecule has 2 aromatic heterocycles. The molecule has 0 amide bonds. The Morgan fingerprint density at radius 3 is 2.59 bits per heavy atom. The number of hydrogen-bond donors (Lipinski definition) is 1. The molecular weight excluding hydrogens is 314 g/mol. The topological polar surface area (TPSA) is 43.8 Å². The number of nitrogens with zero attached hydrogens (tertiary/aromatic N) is 2. The molecule has 0 atom stereocenters. The minimum atomic E-state index is 0. The average molecular weight is 334 g/mol. The fourth-order valence-corrected chi connectivity index (χ4v) is 3.26. The number of anilines is 1. The third kappa shape index (κ3) is 3.34. The van der Waals surface area contributed by atoms with Crippen molar-refractivity contribution < 1.29 is 13.8 Å². The summed E-state index contributed by atoms with van der Waals surface area (Å²) in [6.45, 7) is 5.29. The molecular formula is C17H20ClN3S. The molecule has 1 aromatic carbocycles. The van der Waals surface area contributed by atoms with Gasteiger partial charge in [-0.05, 0) is 31.9 Å². The van der Waals surface area contributed by atoms with Gasteiger partial charge in [-0.1, -0.05) is 30.3 Å². The van der Waals surface area contributed by atoms with Crippen LogP contribution in [0.5, 0.6) is 0 Å². The Labute approximate surface area is 142 Å². The van der Waals surface area contributed by atoms with Crippen LogP contribution < -0.4 is 18.1 Å². The summed E-state index contributed by atoms with van der Waals surface area (Å²) in [6.07, 6.45) is 1.04. The van der Waals surface area contributed by atoms with Crippen molar-refractivity contribution >= 4 is 16.5 Å². The second kappa shape index (κ2) is 6.99. The zero-order chi connectivity index (χ0) is 14.8. The van der Waals surface area contributed by atoms with E-state index in [0.29, 0.717) is 5.13 Å². The number of nitrogens with two attached hydrogens (primary N) is 1. The Hall–Kier alpha value is -1.78. The van der Waals surface area contributed by atoms with Crippen molar-refractivity contribution in [2.24, 2.45) is 0 Å². The maximum atomic E-state index is 5.75. The van der Waals surface area contributed by atoms with E-state index in [0.717, 1.165) is 18.7 Å². The molecule has 0 saturated heterocycles. The molecule has 3 aromatic rings. The van der Waals surface area contributed by atoms with Crippen LogP contribution in [0.2, 0.25) is 0 Å². The average Bonchev–Trinajstić information content (AvgIpc) is 3.02. The van der Waals surface area contributed by atoms with E-state index < -0.39 is 0 Å². The van der Waals surface area contributed by atoms with Crippen molar-refractivity contribution in [1.29, 1.82) is 0 Å². The number of aromatic nitrogens is 2. The van der Waals surface area contributed by atoms with Crippen LogP contribution in [0.3, 0.4) is 0 Å². The minimum absolute atomic E-state index is 0. The maximum Gasteiger partial charge on any atom is 1.00 e. The Balaban J connectivity index is 0.00000132. The van der Waals surface area contributed by atoms with Crippen molar-refractivity contribution in [2.45, 2.75) is 26.8 Å². The van der Waals surface area contributed by atoms with Gasteiger partial charge in [-0.25, -0.2) is 4.98 Å². The number of thiazole rings is 1. The molecule has 0 bridgehead atoms. The van der Waals surface area contributed by atoms with Crippen molar-refractivity contribution in [1.82, 2.24) is 9.55 Å². The Bertz CT molecular complexity index is 753. The van der Waals surface area contributed by atoms with E-state index >= 15 is 0 Å². The van der Waals surface area contributed by atoms with Crippen LogP contribution in [0.25, 0.3) is 11.3 Å². The summed E-state index contributed by atoms with van der Waals surface area (Å²) in [7, 11) is 0. The Kier molecular flexibility index (Phi) is 5.27. The number of nitrogen functional groups attached to an aromatic ring is 1. The van der Waals surface area contributed by atoms with Gasteiger partial charge >= 0.3 is 1.43 Å². The van der Waals surface area contributed by atoms with Gasteiger partial charge < -0.3 is 22.7 Å². The van der Waals surface area contributed by atoms with Crippen molar-refractivity contribution in [2.75, 3.05) is 5.73 Å². The first kappa shape index (κ1) is 16.6. The summed E-state index contributed by atoms with van der Waals surface area (Å²) < 4.78 is 2.36. The highest BCUT2D eigenvalue weighted by Crippen LogP contribution is 2.29. The number of aryl methyl sites for hydroxylation is 2. The van der Waals surface area contributed by atoms with Gasteiger partial charge in [0.25, 0.3) is 0 Å². The molecule has 116 valence electrons. The monoisotopic (exact) mass is 333 g/mol. The molecule has 22 heavy (non-hydrogen) atoms. The molecule has 0 spiro atoms. The zero-order valence-corrected chi connectivity index (χ0v) is 14.3. The summed E-state index contributed by atoms with van der Waals surface area (Å²) in [5.41, 5.74) is 11.8. The molecule has 3 nitrogen and oxygen atoms in total. The molecule has 0 saturated carbocycles. The standard InChI is InChI=1S/C17H19N3S.ClH/c1-12-10-15(16-11-21-17(18)19-16)13(2)20(12)9-8-14-6-4-3-5-7-14;/h3-7,10-11H,8-9H2,1-2H3,(H2,18,19);1H. The molecule has 0 aliphatic rings. The summed E-state index contributed by atoms with van der Waals surface area (Å²) in [6, 6.07) is 12.8. The Morgan fingerprint density at radius 1 is 1.23 bits per heavy atom. The van der Waals surface area contributed by atoms with Crippen molar-refractivity contribution in [3.63, 3.8) is 0 Å². The summed E-state index contributed by atoms with van der Waals surface area (Å²) >= 11 is 1.49. The number of benzene rings is 1. The second-order valence-corrected chi connectivity index (χ2v) is 6.13. The molecule has 5 heteroatoms. The maximum absolute atomic E-state index is 5.75. The highest BCUT2D eigenvalue weighted by molar-refractivity contribution is 7.13. The van der Waals surface area contributed by atoms with Gasteiger partial charge in [0.1, 0.15) is 0 Å². The molecule has 2 N–H and O–H groups in total.